The Kier molecular flexibility index (Phi) is 11.0. The molecule has 0 heterocycles. The average Bonchev–Trinajstić information content (AvgIpc) is 3.06. The monoisotopic (exact) mass is 713 g/mol. The first-order valence-corrected chi connectivity index (χ1v) is 16.0. The Hall–Kier alpha value is -4.70. The third-order valence-electron chi connectivity index (χ3n) is 6.61. The van der Waals surface area contributed by atoms with Crippen LogP contribution in [0.25, 0.3) is 6.08 Å². The van der Waals surface area contributed by atoms with Gasteiger partial charge in [0.1, 0.15) is 16.8 Å². The van der Waals surface area contributed by atoms with E-state index in [1.54, 1.807) is 78.9 Å². The van der Waals surface area contributed by atoms with Gasteiger partial charge in [0.2, 0.25) is 5.91 Å². The summed E-state index contributed by atoms with van der Waals surface area (Å²) >= 11 is 10.7. The highest BCUT2D eigenvalue weighted by Crippen LogP contribution is 2.37. The van der Waals surface area contributed by atoms with Crippen molar-refractivity contribution in [3.63, 3.8) is 0 Å². The van der Waals surface area contributed by atoms with Crippen molar-refractivity contribution in [3.8, 4) is 0 Å². The number of carbonyl (C=O) groups is 3. The fourth-order valence-electron chi connectivity index (χ4n) is 4.31. The Morgan fingerprint density at radius 2 is 1.35 bits per heavy atom. The van der Waals surface area contributed by atoms with Crippen LogP contribution in [0.3, 0.4) is 0 Å². The molecule has 0 saturated heterocycles. The second kappa shape index (κ2) is 15.5. The minimum absolute atomic E-state index is 0.0722. The van der Waals surface area contributed by atoms with Crippen LogP contribution in [0.2, 0.25) is 5.02 Å². The van der Waals surface area contributed by atoms with Gasteiger partial charge in [0.05, 0.1) is 5.56 Å². The number of thioether (sulfide) groups is 1. The van der Waals surface area contributed by atoms with E-state index in [1.165, 1.54) is 36.0 Å². The van der Waals surface area contributed by atoms with Crippen molar-refractivity contribution in [2.75, 3.05) is 10.6 Å². The molecule has 1 atom stereocenters. The summed E-state index contributed by atoms with van der Waals surface area (Å²) in [5, 5.41) is 8.30. The third kappa shape index (κ3) is 8.94. The molecule has 5 rings (SSSR count). The van der Waals surface area contributed by atoms with Gasteiger partial charge in [-0.2, -0.15) is 0 Å². The van der Waals surface area contributed by atoms with Crippen molar-refractivity contribution in [2.24, 2.45) is 0 Å². The Morgan fingerprint density at radius 3 is 2.02 bits per heavy atom. The first-order valence-electron chi connectivity index (χ1n) is 14.0. The molecule has 6 nitrogen and oxygen atoms in total. The lowest BCUT2D eigenvalue weighted by Crippen LogP contribution is -2.31. The van der Waals surface area contributed by atoms with Gasteiger partial charge in [-0.05, 0) is 90.0 Å². The van der Waals surface area contributed by atoms with Crippen LogP contribution in [0.4, 0.5) is 15.8 Å². The predicted octanol–water partition coefficient (Wildman–Crippen LogP) is 9.12. The number of benzene rings is 5. The quantitative estimate of drug-likeness (QED) is 0.0995. The molecule has 46 heavy (non-hydrogen) atoms. The number of hydrogen-bond donors (Lipinski definition) is 3. The second-order valence-electron chi connectivity index (χ2n) is 9.93. The van der Waals surface area contributed by atoms with Gasteiger partial charge in [0.15, 0.2) is 0 Å². The Balaban J connectivity index is 1.33. The zero-order valence-electron chi connectivity index (χ0n) is 24.0. The summed E-state index contributed by atoms with van der Waals surface area (Å²) in [7, 11) is 0. The summed E-state index contributed by atoms with van der Waals surface area (Å²) in [5.41, 5.74) is 2.30. The van der Waals surface area contributed by atoms with E-state index in [4.69, 9.17) is 11.6 Å². The van der Waals surface area contributed by atoms with Crippen LogP contribution in [0.1, 0.15) is 26.7 Å². The Labute approximate surface area is 283 Å². The lowest BCUT2D eigenvalue weighted by atomic mass is 10.1. The number of hydrogen-bond acceptors (Lipinski definition) is 4. The van der Waals surface area contributed by atoms with E-state index in [-0.39, 0.29) is 17.2 Å². The van der Waals surface area contributed by atoms with Crippen LogP contribution < -0.4 is 16.0 Å². The van der Waals surface area contributed by atoms with Crippen LogP contribution in [-0.4, -0.2) is 17.7 Å². The van der Waals surface area contributed by atoms with Gasteiger partial charge in [-0.3, -0.25) is 14.4 Å². The molecular weight excluding hydrogens is 689 g/mol. The van der Waals surface area contributed by atoms with Gasteiger partial charge in [-0.15, -0.1) is 11.8 Å². The predicted molar refractivity (Wildman–Crippen MR) is 186 cm³/mol. The summed E-state index contributed by atoms with van der Waals surface area (Å²) in [4.78, 5) is 40.5. The van der Waals surface area contributed by atoms with E-state index < -0.39 is 22.9 Å². The van der Waals surface area contributed by atoms with Gasteiger partial charge in [0.25, 0.3) is 11.8 Å². The van der Waals surface area contributed by atoms with Gasteiger partial charge in [-0.1, -0.05) is 82.1 Å². The molecule has 0 spiro atoms. The van der Waals surface area contributed by atoms with Gasteiger partial charge in [-0.25, -0.2) is 4.39 Å². The van der Waals surface area contributed by atoms with Crippen LogP contribution in [0, 0.1) is 5.82 Å². The first kappa shape index (κ1) is 32.7. The summed E-state index contributed by atoms with van der Waals surface area (Å²) in [6.07, 6.45) is 1.51. The topological polar surface area (TPSA) is 87.3 Å². The molecule has 10 heteroatoms. The third-order valence-corrected chi connectivity index (χ3v) is 8.66. The maximum atomic E-state index is 14.3. The molecule has 0 aliphatic rings. The maximum Gasteiger partial charge on any atom is 0.272 e. The molecule has 230 valence electrons. The second-order valence-corrected chi connectivity index (χ2v) is 12.5. The number of amides is 3. The van der Waals surface area contributed by atoms with Gasteiger partial charge in [0, 0.05) is 25.8 Å². The lowest BCUT2D eigenvalue weighted by Gasteiger charge is -2.17. The van der Waals surface area contributed by atoms with Gasteiger partial charge < -0.3 is 16.0 Å². The highest BCUT2D eigenvalue weighted by Gasteiger charge is 2.23. The Morgan fingerprint density at radius 1 is 0.739 bits per heavy atom. The molecule has 5 aromatic carbocycles. The lowest BCUT2D eigenvalue weighted by molar-refractivity contribution is -0.116. The van der Waals surface area contributed by atoms with E-state index >= 15 is 0 Å². The summed E-state index contributed by atoms with van der Waals surface area (Å²) < 4.78 is 15.2. The van der Waals surface area contributed by atoms with E-state index in [1.807, 2.05) is 30.3 Å². The van der Waals surface area contributed by atoms with Crippen molar-refractivity contribution in [3.05, 3.63) is 165 Å². The summed E-state index contributed by atoms with van der Waals surface area (Å²) in [6, 6.07) is 36.0. The highest BCUT2D eigenvalue weighted by atomic mass is 79.9. The summed E-state index contributed by atoms with van der Waals surface area (Å²) in [5.74, 6) is -2.26. The van der Waals surface area contributed by atoms with Crippen molar-refractivity contribution < 1.29 is 18.8 Å². The van der Waals surface area contributed by atoms with Crippen LogP contribution in [0.15, 0.2) is 142 Å². The minimum Gasteiger partial charge on any atom is -0.325 e. The molecule has 0 aromatic heterocycles. The number of anilines is 2. The number of carbonyl (C=O) groups excluding carboxylic acids is 3. The average molecular weight is 715 g/mol. The molecule has 0 radical (unpaired) electrons. The molecule has 3 amide bonds. The molecule has 0 bridgehead atoms. The molecule has 0 unspecified atom stereocenters. The fraction of sp³-hybridized carbons (Fsp3) is 0.0278. The molecule has 0 fully saturated rings. The van der Waals surface area contributed by atoms with Crippen LogP contribution in [0.5, 0.6) is 0 Å². The fourth-order valence-corrected chi connectivity index (χ4v) is 5.73. The highest BCUT2D eigenvalue weighted by molar-refractivity contribution is 9.10. The molecule has 3 N–H and O–H groups in total. The number of rotatable bonds is 10. The maximum absolute atomic E-state index is 14.3. The number of nitrogens with one attached hydrogen (secondary N) is 3. The first-order chi connectivity index (χ1) is 22.2. The number of halogens is 3. The zero-order chi connectivity index (χ0) is 32.5. The van der Waals surface area contributed by atoms with Crippen molar-refractivity contribution in [2.45, 2.75) is 10.1 Å². The largest absolute Gasteiger partial charge is 0.325 e. The Bertz CT molecular complexity index is 1870. The molecule has 0 aliphatic heterocycles. The van der Waals surface area contributed by atoms with E-state index in [9.17, 15) is 18.8 Å². The van der Waals surface area contributed by atoms with Gasteiger partial charge >= 0.3 is 0 Å². The molecule has 0 aliphatic carbocycles. The SMILES string of the molecule is O=C(Nc1ccc(S[C@H](C(=O)Nc2ccc(Cl)cc2)c2ccccc2)cc1)/C(=C\c1ccc(Br)cc1)NC(=O)c1ccccc1F. The molecular formula is C36H26BrClFN3O3S. The van der Waals surface area contributed by atoms with E-state index in [2.05, 4.69) is 31.9 Å². The van der Waals surface area contributed by atoms with Crippen molar-refractivity contribution >= 4 is 74.5 Å². The van der Waals surface area contributed by atoms with Crippen molar-refractivity contribution in [1.82, 2.24) is 5.32 Å². The minimum atomic E-state index is -0.757. The van der Waals surface area contributed by atoms with Crippen molar-refractivity contribution in [1.29, 1.82) is 0 Å². The smallest absolute Gasteiger partial charge is 0.272 e. The standard InChI is InChI=1S/C36H26BrClFN3O3S/c37-25-12-10-23(11-13-25)22-32(42-34(43)30-8-4-5-9-31(30)39)35(44)40-28-18-20-29(21-19-28)46-33(24-6-2-1-3-7-24)36(45)41-27-16-14-26(38)15-17-27/h1-22,33H,(H,40,44)(H,41,45)(H,42,43)/b32-22+/t33-/m0/s1. The normalized spacial score (nSPS) is 11.8. The van der Waals surface area contributed by atoms with Crippen LogP contribution >= 0.6 is 39.3 Å². The molecule has 0 saturated carbocycles. The molecule has 5 aromatic rings. The van der Waals surface area contributed by atoms with E-state index in [0.717, 1.165) is 14.9 Å². The summed E-state index contributed by atoms with van der Waals surface area (Å²) in [6.45, 7) is 0. The zero-order valence-corrected chi connectivity index (χ0v) is 27.2. The van der Waals surface area contributed by atoms with Crippen LogP contribution in [-0.2, 0) is 9.59 Å². The van der Waals surface area contributed by atoms with E-state index in [0.29, 0.717) is 22.0 Å².